The number of nitrogens with one attached hydrogen (secondary N) is 1. The Bertz CT molecular complexity index is 728. The third-order valence-electron chi connectivity index (χ3n) is 3.12. The zero-order chi connectivity index (χ0) is 15.5. The monoisotopic (exact) mass is 328 g/mol. The van der Waals surface area contributed by atoms with Crippen LogP contribution in [0, 0.1) is 0 Å². The van der Waals surface area contributed by atoms with E-state index in [1.807, 2.05) is 13.1 Å². The van der Waals surface area contributed by atoms with E-state index >= 15 is 0 Å². The highest BCUT2D eigenvalue weighted by atomic mass is 35.5. The van der Waals surface area contributed by atoms with Crippen LogP contribution < -0.4 is 10.5 Å². The van der Waals surface area contributed by atoms with Gasteiger partial charge < -0.3 is 5.73 Å². The van der Waals surface area contributed by atoms with Crippen LogP contribution in [-0.4, -0.2) is 24.7 Å². The van der Waals surface area contributed by atoms with Gasteiger partial charge in [-0.1, -0.05) is 17.7 Å². The lowest BCUT2D eigenvalue weighted by atomic mass is 10.2. The molecule has 0 radical (unpaired) electrons. The number of aryl methyl sites for hydroxylation is 1. The van der Waals surface area contributed by atoms with Crippen LogP contribution in [0.5, 0.6) is 0 Å². The van der Waals surface area contributed by atoms with Crippen molar-refractivity contribution in [1.29, 1.82) is 0 Å². The number of hydrogen-bond acceptors (Lipinski definition) is 4. The maximum Gasteiger partial charge on any atom is 0.242 e. The van der Waals surface area contributed by atoms with Gasteiger partial charge in [0.25, 0.3) is 0 Å². The summed E-state index contributed by atoms with van der Waals surface area (Å²) in [6.45, 7) is 0.528. The van der Waals surface area contributed by atoms with E-state index in [1.54, 1.807) is 23.0 Å². The average molecular weight is 329 g/mol. The predicted octanol–water partition coefficient (Wildman–Crippen LogP) is 1.05. The summed E-state index contributed by atoms with van der Waals surface area (Å²) in [5.41, 5.74) is 7.18. The second kappa shape index (κ2) is 6.57. The highest BCUT2D eigenvalue weighted by molar-refractivity contribution is 7.89. The summed E-state index contributed by atoms with van der Waals surface area (Å²) < 4.78 is 28.8. The van der Waals surface area contributed by atoms with Crippen molar-refractivity contribution in [3.63, 3.8) is 0 Å². The Morgan fingerprint density at radius 2 is 2.14 bits per heavy atom. The molecule has 1 heterocycles. The molecule has 0 amide bonds. The van der Waals surface area contributed by atoms with Crippen LogP contribution in [0.3, 0.4) is 0 Å². The molecule has 3 N–H and O–H groups in total. The zero-order valence-corrected chi connectivity index (χ0v) is 13.2. The average Bonchev–Trinajstić information content (AvgIpc) is 2.84. The normalized spacial score (nSPS) is 11.8. The molecule has 114 valence electrons. The number of aromatic nitrogens is 2. The van der Waals surface area contributed by atoms with E-state index < -0.39 is 10.0 Å². The standard InChI is InChI=1S/C13H17ClN4O2S/c1-18-11(4-6-16-18)5-7-17-21(19,20)13-8-10(9-15)2-3-12(13)14/h2-4,6,8,17H,5,7,9,15H2,1H3. The molecular formula is C13H17ClN4O2S. The Kier molecular flexibility index (Phi) is 5.00. The molecule has 1 aromatic heterocycles. The van der Waals surface area contributed by atoms with E-state index in [9.17, 15) is 8.42 Å². The van der Waals surface area contributed by atoms with Gasteiger partial charge in [0.15, 0.2) is 0 Å². The molecule has 0 saturated carbocycles. The van der Waals surface area contributed by atoms with Crippen molar-refractivity contribution >= 4 is 21.6 Å². The molecule has 0 saturated heterocycles. The van der Waals surface area contributed by atoms with Gasteiger partial charge in [-0.15, -0.1) is 0 Å². The van der Waals surface area contributed by atoms with Gasteiger partial charge in [-0.05, 0) is 23.8 Å². The molecule has 0 bridgehead atoms. The number of rotatable bonds is 6. The minimum absolute atomic E-state index is 0.0529. The van der Waals surface area contributed by atoms with Crippen LogP contribution in [0.4, 0.5) is 0 Å². The molecule has 0 aliphatic rings. The maximum atomic E-state index is 12.3. The molecule has 0 unspecified atom stereocenters. The van der Waals surface area contributed by atoms with Gasteiger partial charge in [0.05, 0.1) is 5.02 Å². The minimum atomic E-state index is -3.66. The fraction of sp³-hybridized carbons (Fsp3) is 0.308. The fourth-order valence-electron chi connectivity index (χ4n) is 1.92. The van der Waals surface area contributed by atoms with Crippen LogP contribution >= 0.6 is 11.6 Å². The Labute approximate surface area is 129 Å². The molecule has 6 nitrogen and oxygen atoms in total. The third kappa shape index (κ3) is 3.82. The summed E-state index contributed by atoms with van der Waals surface area (Å²) >= 11 is 5.97. The molecule has 1 aromatic carbocycles. The van der Waals surface area contributed by atoms with Crippen LogP contribution in [0.2, 0.25) is 5.02 Å². The van der Waals surface area contributed by atoms with Crippen molar-refractivity contribution in [2.24, 2.45) is 12.8 Å². The van der Waals surface area contributed by atoms with Crippen molar-refractivity contribution < 1.29 is 8.42 Å². The molecule has 21 heavy (non-hydrogen) atoms. The summed E-state index contributed by atoms with van der Waals surface area (Å²) in [5.74, 6) is 0. The van der Waals surface area contributed by atoms with E-state index in [-0.39, 0.29) is 23.0 Å². The Hall–Kier alpha value is -1.41. The van der Waals surface area contributed by atoms with Gasteiger partial charge >= 0.3 is 0 Å². The van der Waals surface area contributed by atoms with Crippen molar-refractivity contribution in [2.45, 2.75) is 17.9 Å². The van der Waals surface area contributed by atoms with Crippen LogP contribution in [0.25, 0.3) is 0 Å². The largest absolute Gasteiger partial charge is 0.326 e. The predicted molar refractivity (Wildman–Crippen MR) is 81.4 cm³/mol. The molecule has 2 aromatic rings. The van der Waals surface area contributed by atoms with Crippen molar-refractivity contribution in [2.75, 3.05) is 6.54 Å². The van der Waals surface area contributed by atoms with Gasteiger partial charge in [0, 0.05) is 38.4 Å². The van der Waals surface area contributed by atoms with E-state index in [1.165, 1.54) is 6.07 Å². The smallest absolute Gasteiger partial charge is 0.242 e. The molecule has 0 aliphatic heterocycles. The second-order valence-corrected chi connectivity index (χ2v) is 6.71. The summed E-state index contributed by atoms with van der Waals surface area (Å²) in [4.78, 5) is 0.0529. The number of benzene rings is 1. The molecule has 0 atom stereocenters. The highest BCUT2D eigenvalue weighted by Crippen LogP contribution is 2.22. The number of halogens is 1. The maximum absolute atomic E-state index is 12.3. The molecule has 0 fully saturated rings. The first kappa shape index (κ1) is 16.0. The number of nitrogens with two attached hydrogens (primary N) is 1. The van der Waals surface area contributed by atoms with Gasteiger partial charge in [0.2, 0.25) is 10.0 Å². The number of hydrogen-bond donors (Lipinski definition) is 2. The minimum Gasteiger partial charge on any atom is -0.326 e. The third-order valence-corrected chi connectivity index (χ3v) is 5.06. The van der Waals surface area contributed by atoms with E-state index in [0.29, 0.717) is 12.0 Å². The van der Waals surface area contributed by atoms with Crippen LogP contribution in [-0.2, 0) is 30.0 Å². The first-order chi connectivity index (χ1) is 9.94. The van der Waals surface area contributed by atoms with Gasteiger partial charge in [0.1, 0.15) is 4.90 Å². The first-order valence-corrected chi connectivity index (χ1v) is 8.25. The zero-order valence-electron chi connectivity index (χ0n) is 11.6. The highest BCUT2D eigenvalue weighted by Gasteiger charge is 2.18. The van der Waals surface area contributed by atoms with Gasteiger partial charge in [-0.2, -0.15) is 5.10 Å². The van der Waals surface area contributed by atoms with E-state index in [4.69, 9.17) is 17.3 Å². The van der Waals surface area contributed by atoms with Crippen molar-refractivity contribution in [1.82, 2.24) is 14.5 Å². The quantitative estimate of drug-likeness (QED) is 0.829. The summed E-state index contributed by atoms with van der Waals surface area (Å²) in [6.07, 6.45) is 2.22. The van der Waals surface area contributed by atoms with Crippen LogP contribution in [0.1, 0.15) is 11.3 Å². The molecular weight excluding hydrogens is 312 g/mol. The molecule has 0 spiro atoms. The fourth-order valence-corrected chi connectivity index (χ4v) is 3.50. The number of sulfonamides is 1. The summed E-state index contributed by atoms with van der Waals surface area (Å²) in [7, 11) is -1.85. The Balaban J connectivity index is 2.10. The van der Waals surface area contributed by atoms with E-state index in [2.05, 4.69) is 9.82 Å². The Morgan fingerprint density at radius 1 is 1.38 bits per heavy atom. The molecule has 0 aliphatic carbocycles. The van der Waals surface area contributed by atoms with Crippen molar-refractivity contribution in [3.8, 4) is 0 Å². The topological polar surface area (TPSA) is 90.0 Å². The lowest BCUT2D eigenvalue weighted by molar-refractivity contribution is 0.579. The van der Waals surface area contributed by atoms with Crippen LogP contribution in [0.15, 0.2) is 35.4 Å². The van der Waals surface area contributed by atoms with E-state index in [0.717, 1.165) is 5.69 Å². The summed E-state index contributed by atoms with van der Waals surface area (Å²) in [6, 6.07) is 6.58. The SMILES string of the molecule is Cn1nccc1CCNS(=O)(=O)c1cc(CN)ccc1Cl. The Morgan fingerprint density at radius 3 is 2.76 bits per heavy atom. The lowest BCUT2D eigenvalue weighted by Gasteiger charge is -2.10. The number of nitrogens with zero attached hydrogens (tertiary/aromatic N) is 2. The molecule has 2 rings (SSSR count). The lowest BCUT2D eigenvalue weighted by Crippen LogP contribution is -2.27. The molecule has 8 heteroatoms. The van der Waals surface area contributed by atoms with Gasteiger partial charge in [-0.3, -0.25) is 4.68 Å². The van der Waals surface area contributed by atoms with Crippen molar-refractivity contribution in [3.05, 3.63) is 46.7 Å². The van der Waals surface area contributed by atoms with Gasteiger partial charge in [-0.25, -0.2) is 13.1 Å². The second-order valence-electron chi connectivity index (χ2n) is 4.56. The first-order valence-electron chi connectivity index (χ1n) is 6.39. The summed E-state index contributed by atoms with van der Waals surface area (Å²) in [5, 5.41) is 4.21.